The molecule has 1 fully saturated rings. The van der Waals surface area contributed by atoms with Gasteiger partial charge in [-0.25, -0.2) is 0 Å². The fourth-order valence-electron chi connectivity index (χ4n) is 2.31. The predicted octanol–water partition coefficient (Wildman–Crippen LogP) is 2.36. The summed E-state index contributed by atoms with van der Waals surface area (Å²) >= 11 is 1.55. The molecule has 1 aliphatic carbocycles. The molecule has 1 aliphatic rings. The molecule has 1 aromatic heterocycles. The molecule has 3 N–H and O–H groups in total. The molecule has 0 aliphatic heterocycles. The number of aromatic nitrogens is 2. The minimum absolute atomic E-state index is 0. The number of halogens is 1. The fraction of sp³-hybridized carbons (Fsp3) is 0.769. The van der Waals surface area contributed by atoms with Crippen LogP contribution in [-0.2, 0) is 11.3 Å². The Morgan fingerprint density at radius 2 is 2.00 bits per heavy atom. The van der Waals surface area contributed by atoms with E-state index in [0.717, 1.165) is 35.7 Å². The van der Waals surface area contributed by atoms with Gasteiger partial charge in [0.15, 0.2) is 0 Å². The summed E-state index contributed by atoms with van der Waals surface area (Å²) < 4.78 is 0. The van der Waals surface area contributed by atoms with Crippen LogP contribution in [0.3, 0.4) is 0 Å². The summed E-state index contributed by atoms with van der Waals surface area (Å²) in [5.74, 6) is 0.328. The molecule has 7 heteroatoms. The van der Waals surface area contributed by atoms with Gasteiger partial charge in [-0.05, 0) is 12.8 Å². The molecule has 1 aromatic rings. The summed E-state index contributed by atoms with van der Waals surface area (Å²) in [6.07, 6.45) is 4.83. The van der Waals surface area contributed by atoms with E-state index in [9.17, 15) is 4.79 Å². The van der Waals surface area contributed by atoms with E-state index in [1.165, 1.54) is 6.42 Å². The van der Waals surface area contributed by atoms with Gasteiger partial charge in [0, 0.05) is 5.92 Å². The van der Waals surface area contributed by atoms with E-state index in [1.54, 1.807) is 11.3 Å². The van der Waals surface area contributed by atoms with E-state index < -0.39 is 5.54 Å². The van der Waals surface area contributed by atoms with Crippen molar-refractivity contribution in [2.45, 2.75) is 64.0 Å². The van der Waals surface area contributed by atoms with Crippen molar-refractivity contribution in [2.75, 3.05) is 0 Å². The van der Waals surface area contributed by atoms with Crippen LogP contribution in [0.5, 0.6) is 0 Å². The van der Waals surface area contributed by atoms with E-state index in [4.69, 9.17) is 5.73 Å². The molecule has 0 saturated heterocycles. The standard InChI is InChI=1S/C13H22N4OS.ClH/c1-9(2)11-17-16-10(19-11)8-15-12(18)13(14)6-4-3-5-7-13;/h9H,3-8,14H2,1-2H3,(H,15,18);1H. The number of hydrogen-bond acceptors (Lipinski definition) is 5. The lowest BCUT2D eigenvalue weighted by molar-refractivity contribution is -0.127. The molecular weight excluding hydrogens is 296 g/mol. The summed E-state index contributed by atoms with van der Waals surface area (Å²) in [7, 11) is 0. The Kier molecular flexibility index (Phi) is 6.36. The number of nitrogens with zero attached hydrogens (tertiary/aromatic N) is 2. The van der Waals surface area contributed by atoms with Gasteiger partial charge in [-0.3, -0.25) is 4.79 Å². The van der Waals surface area contributed by atoms with Crippen LogP contribution in [-0.4, -0.2) is 21.6 Å². The van der Waals surface area contributed by atoms with Crippen molar-refractivity contribution >= 4 is 29.7 Å². The maximum Gasteiger partial charge on any atom is 0.240 e. The number of hydrogen-bond donors (Lipinski definition) is 2. The average Bonchev–Trinajstić information content (AvgIpc) is 2.85. The Balaban J connectivity index is 0.00000200. The van der Waals surface area contributed by atoms with Gasteiger partial charge < -0.3 is 11.1 Å². The molecule has 114 valence electrons. The molecule has 2 rings (SSSR count). The summed E-state index contributed by atoms with van der Waals surface area (Å²) in [4.78, 5) is 12.2. The molecule has 0 unspecified atom stereocenters. The molecule has 20 heavy (non-hydrogen) atoms. The predicted molar refractivity (Wildman–Crippen MR) is 83.1 cm³/mol. The fourth-order valence-corrected chi connectivity index (χ4v) is 3.10. The highest BCUT2D eigenvalue weighted by Crippen LogP contribution is 2.26. The van der Waals surface area contributed by atoms with Gasteiger partial charge in [-0.2, -0.15) is 0 Å². The molecule has 1 amide bonds. The van der Waals surface area contributed by atoms with Crippen molar-refractivity contribution in [2.24, 2.45) is 5.73 Å². The van der Waals surface area contributed by atoms with Crippen LogP contribution >= 0.6 is 23.7 Å². The second kappa shape index (κ2) is 7.33. The molecule has 0 radical (unpaired) electrons. The summed E-state index contributed by atoms with van der Waals surface area (Å²) in [6, 6.07) is 0. The SMILES string of the molecule is CC(C)c1nnc(CNC(=O)C2(N)CCCCC2)s1.Cl. The molecule has 0 bridgehead atoms. The second-order valence-corrected chi connectivity index (χ2v) is 6.68. The third-order valence-electron chi connectivity index (χ3n) is 3.57. The highest BCUT2D eigenvalue weighted by atomic mass is 35.5. The van der Waals surface area contributed by atoms with E-state index in [-0.39, 0.29) is 18.3 Å². The number of amides is 1. The van der Waals surface area contributed by atoms with Crippen LogP contribution in [0.2, 0.25) is 0 Å². The number of carbonyl (C=O) groups excluding carboxylic acids is 1. The van der Waals surface area contributed by atoms with E-state index in [2.05, 4.69) is 29.4 Å². The topological polar surface area (TPSA) is 80.9 Å². The van der Waals surface area contributed by atoms with E-state index in [1.807, 2.05) is 0 Å². The monoisotopic (exact) mass is 318 g/mol. The quantitative estimate of drug-likeness (QED) is 0.893. The zero-order valence-electron chi connectivity index (χ0n) is 12.0. The normalized spacial score (nSPS) is 17.6. The second-order valence-electron chi connectivity index (χ2n) is 5.59. The Morgan fingerprint density at radius 1 is 1.35 bits per heavy atom. The van der Waals surface area contributed by atoms with Crippen molar-refractivity contribution in [3.05, 3.63) is 10.0 Å². The van der Waals surface area contributed by atoms with Gasteiger partial charge in [0.05, 0.1) is 12.1 Å². The molecule has 1 saturated carbocycles. The van der Waals surface area contributed by atoms with Crippen LogP contribution in [0, 0.1) is 0 Å². The van der Waals surface area contributed by atoms with Gasteiger partial charge >= 0.3 is 0 Å². The Morgan fingerprint density at radius 3 is 2.55 bits per heavy atom. The number of rotatable bonds is 4. The lowest BCUT2D eigenvalue weighted by atomic mass is 9.82. The smallest absolute Gasteiger partial charge is 0.240 e. The first-order valence-electron chi connectivity index (χ1n) is 6.91. The van der Waals surface area contributed by atoms with E-state index >= 15 is 0 Å². The minimum Gasteiger partial charge on any atom is -0.348 e. The largest absolute Gasteiger partial charge is 0.348 e. The number of nitrogens with one attached hydrogen (secondary N) is 1. The summed E-state index contributed by atoms with van der Waals surface area (Å²) in [6.45, 7) is 4.60. The highest BCUT2D eigenvalue weighted by Gasteiger charge is 2.35. The average molecular weight is 319 g/mol. The Bertz CT molecular complexity index is 443. The molecular formula is C13H23ClN4OS. The molecule has 1 heterocycles. The first kappa shape index (κ1) is 17.3. The van der Waals surface area contributed by atoms with Gasteiger partial charge in [-0.15, -0.1) is 22.6 Å². The van der Waals surface area contributed by atoms with Crippen LogP contribution in [0.25, 0.3) is 0 Å². The van der Waals surface area contributed by atoms with Gasteiger partial charge in [0.25, 0.3) is 0 Å². The van der Waals surface area contributed by atoms with Crippen LogP contribution in [0.15, 0.2) is 0 Å². The zero-order chi connectivity index (χ0) is 13.9. The van der Waals surface area contributed by atoms with Gasteiger partial charge in [-0.1, -0.05) is 44.4 Å². The first-order valence-corrected chi connectivity index (χ1v) is 7.72. The summed E-state index contributed by atoms with van der Waals surface area (Å²) in [5.41, 5.74) is 5.50. The van der Waals surface area contributed by atoms with Crippen molar-refractivity contribution in [3.8, 4) is 0 Å². The van der Waals surface area contributed by atoms with Crippen LogP contribution in [0.1, 0.15) is 61.9 Å². The van der Waals surface area contributed by atoms with Gasteiger partial charge in [0.2, 0.25) is 5.91 Å². The number of nitrogens with two attached hydrogens (primary N) is 1. The minimum atomic E-state index is -0.677. The third kappa shape index (κ3) is 4.14. The molecule has 0 aromatic carbocycles. The zero-order valence-corrected chi connectivity index (χ0v) is 13.6. The maximum absolute atomic E-state index is 12.2. The lowest BCUT2D eigenvalue weighted by Gasteiger charge is -2.31. The first-order chi connectivity index (χ1) is 9.01. The lowest BCUT2D eigenvalue weighted by Crippen LogP contribution is -2.54. The van der Waals surface area contributed by atoms with Crippen molar-refractivity contribution in [1.82, 2.24) is 15.5 Å². The highest BCUT2D eigenvalue weighted by molar-refractivity contribution is 7.11. The van der Waals surface area contributed by atoms with Crippen molar-refractivity contribution in [3.63, 3.8) is 0 Å². The van der Waals surface area contributed by atoms with Crippen LogP contribution < -0.4 is 11.1 Å². The number of carbonyl (C=O) groups is 1. The van der Waals surface area contributed by atoms with Crippen LogP contribution in [0.4, 0.5) is 0 Å². The van der Waals surface area contributed by atoms with Crippen molar-refractivity contribution < 1.29 is 4.79 Å². The Hall–Kier alpha value is -0.720. The van der Waals surface area contributed by atoms with Gasteiger partial charge in [0.1, 0.15) is 10.0 Å². The van der Waals surface area contributed by atoms with Crippen molar-refractivity contribution in [1.29, 1.82) is 0 Å². The maximum atomic E-state index is 12.2. The molecule has 0 spiro atoms. The molecule has 5 nitrogen and oxygen atoms in total. The molecule has 0 atom stereocenters. The summed E-state index contributed by atoms with van der Waals surface area (Å²) in [5, 5.41) is 13.0. The third-order valence-corrected chi connectivity index (χ3v) is 4.80. The van der Waals surface area contributed by atoms with E-state index in [0.29, 0.717) is 12.5 Å². The Labute approximate surface area is 130 Å².